The van der Waals surface area contributed by atoms with Crippen molar-refractivity contribution < 1.29 is 14.3 Å². The molecule has 6 aliphatic rings. The molecular weight excluding hydrogens is 352 g/mol. The Bertz CT molecular complexity index is 592. The highest BCUT2D eigenvalue weighted by Crippen LogP contribution is 2.60. The molecule has 156 valence electrons. The predicted molar refractivity (Wildman–Crippen MR) is 107 cm³/mol. The summed E-state index contributed by atoms with van der Waals surface area (Å²) in [7, 11) is 0. The van der Waals surface area contributed by atoms with Crippen LogP contribution in [0.4, 0.5) is 0 Å². The minimum absolute atomic E-state index is 0.136. The van der Waals surface area contributed by atoms with E-state index < -0.39 is 0 Å². The van der Waals surface area contributed by atoms with Crippen LogP contribution in [0, 0.1) is 23.2 Å². The first-order chi connectivity index (χ1) is 13.6. The fourth-order valence-electron chi connectivity index (χ4n) is 7.56. The first-order valence-electron chi connectivity index (χ1n) is 11.8. The maximum absolute atomic E-state index is 13.8. The van der Waals surface area contributed by atoms with E-state index >= 15 is 0 Å². The van der Waals surface area contributed by atoms with Crippen molar-refractivity contribution in [3.05, 3.63) is 0 Å². The summed E-state index contributed by atoms with van der Waals surface area (Å²) in [5.41, 5.74) is -0.136. The fraction of sp³-hybridized carbons (Fsp3) is 0.913. The number of likely N-dealkylation sites (N-methyl/N-ethyl adjacent to an activating group) is 1. The van der Waals surface area contributed by atoms with Crippen LogP contribution in [0.25, 0.3) is 0 Å². The van der Waals surface area contributed by atoms with E-state index in [4.69, 9.17) is 4.74 Å². The fourth-order valence-corrected chi connectivity index (χ4v) is 7.56. The van der Waals surface area contributed by atoms with E-state index in [0.29, 0.717) is 19.0 Å². The van der Waals surface area contributed by atoms with Crippen LogP contribution in [-0.4, -0.2) is 60.0 Å². The van der Waals surface area contributed by atoms with Gasteiger partial charge in [-0.2, -0.15) is 0 Å². The second-order valence-electron chi connectivity index (χ2n) is 10.4. The van der Waals surface area contributed by atoms with E-state index in [1.54, 1.807) is 0 Å². The zero-order valence-corrected chi connectivity index (χ0v) is 17.4. The molecule has 0 spiro atoms. The highest BCUT2D eigenvalue weighted by atomic mass is 16.5. The number of amides is 2. The molecule has 5 heteroatoms. The Kier molecular flexibility index (Phi) is 4.93. The first kappa shape index (κ1) is 18.9. The minimum atomic E-state index is -0.234. The van der Waals surface area contributed by atoms with Gasteiger partial charge in [0.1, 0.15) is 6.04 Å². The van der Waals surface area contributed by atoms with Crippen LogP contribution in [-0.2, 0) is 14.3 Å². The predicted octanol–water partition coefficient (Wildman–Crippen LogP) is 3.22. The molecule has 2 saturated heterocycles. The Hall–Kier alpha value is -1.10. The molecule has 2 amide bonds. The number of hydrogen-bond acceptors (Lipinski definition) is 3. The number of rotatable bonds is 5. The van der Waals surface area contributed by atoms with Crippen LogP contribution in [0.15, 0.2) is 0 Å². The van der Waals surface area contributed by atoms with E-state index in [1.165, 1.54) is 19.3 Å². The van der Waals surface area contributed by atoms with Crippen molar-refractivity contribution >= 4 is 11.8 Å². The summed E-state index contributed by atoms with van der Waals surface area (Å²) in [4.78, 5) is 31.1. The van der Waals surface area contributed by atoms with E-state index in [-0.39, 0.29) is 23.5 Å². The van der Waals surface area contributed by atoms with Gasteiger partial charge < -0.3 is 14.5 Å². The normalized spacial score (nSPS) is 41.6. The van der Waals surface area contributed by atoms with Crippen LogP contribution in [0.3, 0.4) is 0 Å². The third-order valence-electron chi connectivity index (χ3n) is 8.43. The number of hydrogen-bond donors (Lipinski definition) is 0. The third-order valence-corrected chi connectivity index (χ3v) is 8.43. The molecule has 28 heavy (non-hydrogen) atoms. The summed E-state index contributed by atoms with van der Waals surface area (Å²) in [5, 5.41) is 0. The topological polar surface area (TPSA) is 49.9 Å². The van der Waals surface area contributed by atoms with Crippen molar-refractivity contribution in [1.29, 1.82) is 0 Å². The summed E-state index contributed by atoms with van der Waals surface area (Å²) in [6.45, 7) is 5.03. The van der Waals surface area contributed by atoms with Crippen molar-refractivity contribution in [2.24, 2.45) is 23.2 Å². The lowest BCUT2D eigenvalue weighted by Gasteiger charge is -2.56. The number of carbonyl (C=O) groups is 2. The lowest BCUT2D eigenvalue weighted by Crippen LogP contribution is -2.57. The molecule has 2 heterocycles. The first-order valence-corrected chi connectivity index (χ1v) is 11.8. The molecule has 6 rings (SSSR count). The smallest absolute Gasteiger partial charge is 0.245 e. The van der Waals surface area contributed by atoms with E-state index in [0.717, 1.165) is 75.9 Å². The summed E-state index contributed by atoms with van der Waals surface area (Å²) < 4.78 is 5.76. The molecule has 0 aromatic heterocycles. The van der Waals surface area contributed by atoms with Gasteiger partial charge in [-0.15, -0.1) is 0 Å². The van der Waals surface area contributed by atoms with Gasteiger partial charge in [-0.3, -0.25) is 9.59 Å². The van der Waals surface area contributed by atoms with Gasteiger partial charge in [-0.05, 0) is 88.9 Å². The SMILES string of the molecule is CCN(CC1CCCO1)C(=O)C1CCCN1C(=O)C12CC3CC(CC(C3)C1)C2. The van der Waals surface area contributed by atoms with Gasteiger partial charge in [-0.25, -0.2) is 0 Å². The molecule has 0 aromatic carbocycles. The number of nitrogens with zero attached hydrogens (tertiary/aromatic N) is 2. The molecule has 2 atom stereocenters. The molecular formula is C23H36N2O3. The van der Waals surface area contributed by atoms with Crippen LogP contribution in [0.2, 0.25) is 0 Å². The molecule has 2 unspecified atom stereocenters. The zero-order chi connectivity index (χ0) is 19.3. The molecule has 6 fully saturated rings. The van der Waals surface area contributed by atoms with Crippen molar-refractivity contribution in [2.75, 3.05) is 26.2 Å². The van der Waals surface area contributed by atoms with Gasteiger partial charge in [0.15, 0.2) is 0 Å². The molecule has 0 aromatic rings. The molecule has 2 aliphatic heterocycles. The average molecular weight is 389 g/mol. The highest BCUT2D eigenvalue weighted by Gasteiger charge is 2.57. The van der Waals surface area contributed by atoms with E-state index in [9.17, 15) is 9.59 Å². The number of carbonyl (C=O) groups excluding carboxylic acids is 2. The van der Waals surface area contributed by atoms with Crippen molar-refractivity contribution in [3.8, 4) is 0 Å². The molecule has 0 radical (unpaired) electrons. The van der Waals surface area contributed by atoms with Crippen LogP contribution >= 0.6 is 0 Å². The highest BCUT2D eigenvalue weighted by molar-refractivity contribution is 5.91. The Balaban J connectivity index is 1.30. The second kappa shape index (κ2) is 7.30. The van der Waals surface area contributed by atoms with E-state index in [1.807, 2.05) is 16.7 Å². The van der Waals surface area contributed by atoms with Crippen LogP contribution in [0.5, 0.6) is 0 Å². The summed E-state index contributed by atoms with van der Waals surface area (Å²) in [5.74, 6) is 2.78. The third kappa shape index (κ3) is 3.18. The average Bonchev–Trinajstić information content (AvgIpc) is 3.35. The van der Waals surface area contributed by atoms with E-state index in [2.05, 4.69) is 0 Å². The van der Waals surface area contributed by atoms with Crippen molar-refractivity contribution in [3.63, 3.8) is 0 Å². The van der Waals surface area contributed by atoms with Crippen LogP contribution < -0.4 is 0 Å². The maximum atomic E-state index is 13.8. The van der Waals surface area contributed by atoms with Gasteiger partial charge in [0, 0.05) is 26.2 Å². The Morgan fingerprint density at radius 2 is 1.71 bits per heavy atom. The van der Waals surface area contributed by atoms with Gasteiger partial charge in [-0.1, -0.05) is 0 Å². The van der Waals surface area contributed by atoms with Gasteiger partial charge in [0.05, 0.1) is 11.5 Å². The molecule has 4 aliphatic carbocycles. The quantitative estimate of drug-likeness (QED) is 0.727. The lowest BCUT2D eigenvalue weighted by atomic mass is 9.49. The second-order valence-corrected chi connectivity index (χ2v) is 10.4. The van der Waals surface area contributed by atoms with Gasteiger partial charge in [0.25, 0.3) is 0 Å². The van der Waals surface area contributed by atoms with Crippen LogP contribution in [0.1, 0.15) is 71.1 Å². The monoisotopic (exact) mass is 388 g/mol. The Labute approximate surface area is 169 Å². The summed E-state index contributed by atoms with van der Waals surface area (Å²) in [6, 6.07) is -0.234. The Morgan fingerprint density at radius 1 is 1.04 bits per heavy atom. The summed E-state index contributed by atoms with van der Waals surface area (Å²) in [6.07, 6.45) is 11.4. The van der Waals surface area contributed by atoms with Crippen molar-refractivity contribution in [2.45, 2.75) is 83.3 Å². The number of likely N-dealkylation sites (tertiary alicyclic amines) is 1. The standard InChI is InChI=1S/C23H36N2O3/c1-2-24(15-19-5-4-8-28-19)21(26)20-6-3-7-25(20)22(27)23-12-16-9-17(13-23)11-18(10-16)14-23/h16-20H,2-15H2,1H3. The molecule has 4 bridgehead atoms. The minimum Gasteiger partial charge on any atom is -0.376 e. The Morgan fingerprint density at radius 3 is 2.29 bits per heavy atom. The summed E-state index contributed by atoms with van der Waals surface area (Å²) >= 11 is 0. The zero-order valence-electron chi connectivity index (χ0n) is 17.4. The van der Waals surface area contributed by atoms with Gasteiger partial charge >= 0.3 is 0 Å². The van der Waals surface area contributed by atoms with Crippen molar-refractivity contribution in [1.82, 2.24) is 9.80 Å². The molecule has 0 N–H and O–H groups in total. The lowest BCUT2D eigenvalue weighted by molar-refractivity contribution is -0.162. The maximum Gasteiger partial charge on any atom is 0.245 e. The largest absolute Gasteiger partial charge is 0.376 e. The van der Waals surface area contributed by atoms with Gasteiger partial charge in [0.2, 0.25) is 11.8 Å². The molecule has 5 nitrogen and oxygen atoms in total. The molecule has 4 saturated carbocycles. The number of ether oxygens (including phenoxy) is 1.